The Balaban J connectivity index is 0.000000980. The van der Waals surface area contributed by atoms with E-state index in [1.54, 1.807) is 13.8 Å². The molecule has 0 amide bonds. The molecule has 2 aliphatic rings. The van der Waals surface area contributed by atoms with Crippen molar-refractivity contribution < 1.29 is 46.4 Å². The van der Waals surface area contributed by atoms with Crippen LogP contribution in [-0.4, -0.2) is 31.0 Å². The van der Waals surface area contributed by atoms with Crippen LogP contribution >= 0.6 is 0 Å². The molecule has 2 heterocycles. The van der Waals surface area contributed by atoms with E-state index in [2.05, 4.69) is 0 Å². The van der Waals surface area contributed by atoms with E-state index in [-0.39, 0.29) is 41.0 Å². The standard InChI is InChI=1S/C6H10BN2O4.BrH/c1-3-5(8)12-7(10-3)11-4(2)6(9)13-7;/h3-4,8-9H,1-2H3;1H/q-1;/p+1/t3-,4-,7?;/m0./s1. The zero-order valence-corrected chi connectivity index (χ0v) is 9.48. The topological polar surface area (TPSA) is 88.1 Å². The number of hydrogen-bond acceptors (Lipinski definition) is 4. The molecular weight excluding hydrogens is 255 g/mol. The second-order valence-electron chi connectivity index (χ2n) is 3.17. The highest BCUT2D eigenvalue weighted by Crippen LogP contribution is 2.28. The molecule has 2 aliphatic heterocycles. The molecule has 0 aromatic rings. The van der Waals surface area contributed by atoms with Gasteiger partial charge in [-0.05, 0) is 13.8 Å². The van der Waals surface area contributed by atoms with Gasteiger partial charge in [0.2, 0.25) is 0 Å². The van der Waals surface area contributed by atoms with Crippen molar-refractivity contribution >= 4 is 18.8 Å². The van der Waals surface area contributed by atoms with Crippen LogP contribution < -0.4 is 27.8 Å². The molecule has 2 fully saturated rings. The van der Waals surface area contributed by atoms with Crippen LogP contribution in [0.25, 0.3) is 0 Å². The molecule has 0 aliphatic carbocycles. The van der Waals surface area contributed by atoms with Crippen LogP contribution in [0.4, 0.5) is 0 Å². The molecule has 8 heteroatoms. The summed E-state index contributed by atoms with van der Waals surface area (Å²) < 4.78 is 20.9. The molecule has 6 nitrogen and oxygen atoms in total. The second kappa shape index (κ2) is 3.52. The lowest BCUT2D eigenvalue weighted by Gasteiger charge is -2.24. The predicted octanol–water partition coefficient (Wildman–Crippen LogP) is -6.39. The zero-order valence-electron chi connectivity index (χ0n) is 7.90. The van der Waals surface area contributed by atoms with Gasteiger partial charge in [0.15, 0.2) is 0 Å². The minimum atomic E-state index is -2.22. The maximum absolute atomic E-state index is 5.50. The molecule has 2 rings (SSSR count). The monoisotopic (exact) mass is 266 g/mol. The number of rotatable bonds is 0. The zero-order chi connectivity index (χ0) is 9.64. The summed E-state index contributed by atoms with van der Waals surface area (Å²) in [6, 6.07) is 0. The van der Waals surface area contributed by atoms with Crippen molar-refractivity contribution in [3.63, 3.8) is 0 Å². The highest BCUT2D eigenvalue weighted by Gasteiger charge is 2.56. The van der Waals surface area contributed by atoms with Crippen LogP contribution in [0.5, 0.6) is 0 Å². The van der Waals surface area contributed by atoms with Crippen LogP contribution in [0.3, 0.4) is 0 Å². The average molecular weight is 267 g/mol. The van der Waals surface area contributed by atoms with Gasteiger partial charge in [-0.3, -0.25) is 0 Å². The van der Waals surface area contributed by atoms with E-state index in [1.807, 2.05) is 0 Å². The molecule has 4 N–H and O–H groups in total. The van der Waals surface area contributed by atoms with Crippen LogP contribution in [0.15, 0.2) is 0 Å². The SMILES string of the molecule is C[C@@H]1O[B-]2(OC1=[NH2+])OC(=[NH2+])[C@H](C)O2.[Br-]. The molecule has 14 heavy (non-hydrogen) atoms. The maximum atomic E-state index is 5.50. The second-order valence-corrected chi connectivity index (χ2v) is 3.17. The van der Waals surface area contributed by atoms with Gasteiger partial charge in [-0.1, -0.05) is 0 Å². The van der Waals surface area contributed by atoms with Gasteiger partial charge < -0.3 is 35.6 Å². The number of halogens is 1. The first-order chi connectivity index (χ1) is 6.02. The van der Waals surface area contributed by atoms with Crippen molar-refractivity contribution in [2.45, 2.75) is 26.1 Å². The van der Waals surface area contributed by atoms with Gasteiger partial charge in [0, 0.05) is 0 Å². The van der Waals surface area contributed by atoms with E-state index in [0.29, 0.717) is 0 Å². The van der Waals surface area contributed by atoms with Crippen molar-refractivity contribution in [2.24, 2.45) is 0 Å². The van der Waals surface area contributed by atoms with Crippen molar-refractivity contribution in [3.8, 4) is 0 Å². The summed E-state index contributed by atoms with van der Waals surface area (Å²) in [7, 11) is 0. The fourth-order valence-corrected chi connectivity index (χ4v) is 1.33. The molecular formula is C6H12BBrN2O4. The summed E-state index contributed by atoms with van der Waals surface area (Å²) in [5.74, 6) is 0.504. The van der Waals surface area contributed by atoms with Gasteiger partial charge in [0.1, 0.15) is 12.2 Å². The molecule has 1 spiro atoms. The summed E-state index contributed by atoms with van der Waals surface area (Å²) in [4.78, 5) is 0. The quantitative estimate of drug-likeness (QED) is 0.427. The van der Waals surface area contributed by atoms with E-state index in [1.165, 1.54) is 0 Å². The van der Waals surface area contributed by atoms with E-state index in [9.17, 15) is 0 Å². The van der Waals surface area contributed by atoms with E-state index >= 15 is 0 Å². The van der Waals surface area contributed by atoms with E-state index < -0.39 is 6.96 Å². The Morgan fingerprint density at radius 3 is 1.57 bits per heavy atom. The lowest BCUT2D eigenvalue weighted by atomic mass is 10.1. The van der Waals surface area contributed by atoms with Crippen LogP contribution in [0.1, 0.15) is 13.8 Å². The third kappa shape index (κ3) is 1.64. The molecule has 2 atom stereocenters. The normalized spacial score (nSPS) is 33.9. The Morgan fingerprint density at radius 1 is 1.00 bits per heavy atom. The summed E-state index contributed by atoms with van der Waals surface area (Å²) in [5, 5.41) is 11.0. The minimum Gasteiger partial charge on any atom is -1.00 e. The maximum Gasteiger partial charge on any atom is 0.660 e. The Bertz CT molecular complexity index is 259. The molecule has 0 aromatic heterocycles. The Hall–Kier alpha value is -0.595. The molecule has 0 unspecified atom stereocenters. The highest BCUT2D eigenvalue weighted by atomic mass is 79.9. The Kier molecular flexibility index (Phi) is 2.89. The van der Waals surface area contributed by atoms with Gasteiger partial charge in [-0.25, -0.2) is 10.8 Å². The first-order valence-electron chi connectivity index (χ1n) is 4.13. The van der Waals surface area contributed by atoms with Crippen LogP contribution in [0, 0.1) is 0 Å². The Labute approximate surface area is 91.7 Å². The van der Waals surface area contributed by atoms with Gasteiger partial charge in [0.25, 0.3) is 0 Å². The third-order valence-electron chi connectivity index (χ3n) is 2.10. The predicted molar refractivity (Wildman–Crippen MR) is 42.9 cm³/mol. The van der Waals surface area contributed by atoms with Crippen molar-refractivity contribution in [2.75, 3.05) is 0 Å². The van der Waals surface area contributed by atoms with Crippen molar-refractivity contribution in [1.29, 1.82) is 0 Å². The summed E-state index contributed by atoms with van der Waals surface area (Å²) >= 11 is 0. The van der Waals surface area contributed by atoms with E-state index in [0.717, 1.165) is 0 Å². The molecule has 80 valence electrons. The van der Waals surface area contributed by atoms with Crippen molar-refractivity contribution in [1.82, 2.24) is 0 Å². The summed E-state index contributed by atoms with van der Waals surface area (Å²) in [5.41, 5.74) is 0. The highest BCUT2D eigenvalue weighted by molar-refractivity contribution is 6.61. The fourth-order valence-electron chi connectivity index (χ4n) is 1.33. The van der Waals surface area contributed by atoms with Gasteiger partial charge in [-0.2, -0.15) is 0 Å². The first-order valence-corrected chi connectivity index (χ1v) is 4.13. The number of nitrogens with two attached hydrogens (primary N) is 2. The minimum absolute atomic E-state index is 0. The van der Waals surface area contributed by atoms with E-state index in [4.69, 9.17) is 29.4 Å². The first kappa shape index (κ1) is 11.5. The van der Waals surface area contributed by atoms with Crippen LogP contribution in [0.2, 0.25) is 0 Å². The largest absolute Gasteiger partial charge is 1.00 e. The summed E-state index contributed by atoms with van der Waals surface area (Å²) in [6.45, 7) is 1.27. The Morgan fingerprint density at radius 2 is 1.36 bits per heavy atom. The van der Waals surface area contributed by atoms with Crippen molar-refractivity contribution in [3.05, 3.63) is 0 Å². The average Bonchev–Trinajstić information content (AvgIpc) is 2.39. The molecule has 0 saturated carbocycles. The third-order valence-corrected chi connectivity index (χ3v) is 2.10. The molecule has 0 aromatic carbocycles. The van der Waals surface area contributed by atoms with Gasteiger partial charge in [0.05, 0.1) is 0 Å². The smallest absolute Gasteiger partial charge is 0.660 e. The number of hydrogen-bond donors (Lipinski definition) is 2. The summed E-state index contributed by atoms with van der Waals surface area (Å²) in [6.07, 6.45) is -0.670. The molecule has 2 saturated heterocycles. The van der Waals surface area contributed by atoms with Gasteiger partial charge in [-0.15, -0.1) is 0 Å². The lowest BCUT2D eigenvalue weighted by Crippen LogP contribution is -3.00. The molecule has 0 radical (unpaired) electrons. The fraction of sp³-hybridized carbons (Fsp3) is 0.667. The lowest BCUT2D eigenvalue weighted by molar-refractivity contribution is -0.137. The van der Waals surface area contributed by atoms with Gasteiger partial charge >= 0.3 is 18.8 Å². The molecule has 0 bridgehead atoms. The van der Waals surface area contributed by atoms with Crippen LogP contribution in [-0.2, 0) is 18.6 Å².